The lowest BCUT2D eigenvalue weighted by atomic mass is 10.0. The van der Waals surface area contributed by atoms with Gasteiger partial charge in [0.25, 0.3) is 5.69 Å². The van der Waals surface area contributed by atoms with Crippen molar-refractivity contribution in [3.05, 3.63) is 38.3 Å². The summed E-state index contributed by atoms with van der Waals surface area (Å²) < 4.78 is 0.430. The molecule has 1 unspecified atom stereocenters. The van der Waals surface area contributed by atoms with Crippen LogP contribution in [0.2, 0.25) is 0 Å². The molecule has 0 amide bonds. The molecule has 20 heavy (non-hydrogen) atoms. The van der Waals surface area contributed by atoms with Crippen LogP contribution in [0.5, 0.6) is 0 Å². The second kappa shape index (κ2) is 6.32. The van der Waals surface area contributed by atoms with Gasteiger partial charge in [0.2, 0.25) is 0 Å². The van der Waals surface area contributed by atoms with Gasteiger partial charge in [0.1, 0.15) is 6.04 Å². The first-order valence-corrected chi connectivity index (χ1v) is 7.18. The predicted octanol–water partition coefficient (Wildman–Crippen LogP) is 2.80. The Morgan fingerprint density at radius 1 is 1.50 bits per heavy atom. The van der Waals surface area contributed by atoms with E-state index in [1.54, 1.807) is 12.1 Å². The van der Waals surface area contributed by atoms with Gasteiger partial charge in [-0.3, -0.25) is 19.8 Å². The largest absolute Gasteiger partial charge is 0.480 e. The number of piperidine rings is 1. The Hall–Kier alpha value is -1.47. The van der Waals surface area contributed by atoms with Gasteiger partial charge in [-0.25, -0.2) is 0 Å². The quantitative estimate of drug-likeness (QED) is 0.671. The third kappa shape index (κ3) is 3.34. The zero-order chi connectivity index (χ0) is 14.7. The first-order chi connectivity index (χ1) is 9.49. The van der Waals surface area contributed by atoms with Crippen molar-refractivity contribution in [3.8, 4) is 0 Å². The van der Waals surface area contributed by atoms with Crippen molar-refractivity contribution >= 4 is 27.6 Å². The molecule has 0 spiro atoms. The molecule has 1 aromatic rings. The standard InChI is InChI=1S/C13H15BrN2O4/c14-10-5-4-9(7-12(10)16(19)20)8-15-6-2-1-3-11(15)13(17)18/h4-5,7,11H,1-3,6,8H2,(H,17,18). The fourth-order valence-electron chi connectivity index (χ4n) is 2.49. The lowest BCUT2D eigenvalue weighted by molar-refractivity contribution is -0.385. The Morgan fingerprint density at radius 3 is 2.90 bits per heavy atom. The van der Waals surface area contributed by atoms with E-state index < -0.39 is 16.9 Å². The normalized spacial score (nSPS) is 19.8. The molecule has 6 nitrogen and oxygen atoms in total. The zero-order valence-corrected chi connectivity index (χ0v) is 12.4. The smallest absolute Gasteiger partial charge is 0.320 e. The first kappa shape index (κ1) is 14.9. The van der Waals surface area contributed by atoms with Crippen LogP contribution in [0.1, 0.15) is 24.8 Å². The van der Waals surface area contributed by atoms with Crippen molar-refractivity contribution in [1.29, 1.82) is 0 Å². The number of nitro benzene ring substituents is 1. The van der Waals surface area contributed by atoms with E-state index in [4.69, 9.17) is 0 Å². The van der Waals surface area contributed by atoms with Crippen molar-refractivity contribution in [1.82, 2.24) is 4.90 Å². The highest BCUT2D eigenvalue weighted by Gasteiger charge is 2.28. The Balaban J connectivity index is 2.18. The molecule has 1 fully saturated rings. The number of hydrogen-bond acceptors (Lipinski definition) is 4. The predicted molar refractivity (Wildman–Crippen MR) is 76.5 cm³/mol. The molecule has 0 bridgehead atoms. The van der Waals surface area contributed by atoms with Crippen LogP contribution >= 0.6 is 15.9 Å². The van der Waals surface area contributed by atoms with Gasteiger partial charge >= 0.3 is 5.97 Å². The van der Waals surface area contributed by atoms with Crippen molar-refractivity contribution in [2.45, 2.75) is 31.8 Å². The van der Waals surface area contributed by atoms with Crippen LogP contribution in [0, 0.1) is 10.1 Å². The van der Waals surface area contributed by atoms with E-state index in [2.05, 4.69) is 15.9 Å². The molecule has 0 radical (unpaired) electrons. The van der Waals surface area contributed by atoms with Crippen LogP contribution in [0.15, 0.2) is 22.7 Å². The van der Waals surface area contributed by atoms with Gasteiger partial charge in [-0.1, -0.05) is 12.5 Å². The number of nitrogens with zero attached hydrogens (tertiary/aromatic N) is 2. The summed E-state index contributed by atoms with van der Waals surface area (Å²) in [7, 11) is 0. The zero-order valence-electron chi connectivity index (χ0n) is 10.8. The van der Waals surface area contributed by atoms with Crippen LogP contribution in [0.25, 0.3) is 0 Å². The number of aliphatic carboxylic acids is 1. The minimum atomic E-state index is -0.823. The monoisotopic (exact) mass is 342 g/mol. The van der Waals surface area contributed by atoms with Crippen LogP contribution < -0.4 is 0 Å². The lowest BCUT2D eigenvalue weighted by Gasteiger charge is -2.32. The summed E-state index contributed by atoms with van der Waals surface area (Å²) >= 11 is 3.14. The number of likely N-dealkylation sites (tertiary alicyclic amines) is 1. The summed E-state index contributed by atoms with van der Waals surface area (Å²) in [5.74, 6) is -0.823. The molecule has 7 heteroatoms. The Labute approximate surface area is 124 Å². The van der Waals surface area contributed by atoms with E-state index in [1.807, 2.05) is 4.90 Å². The summed E-state index contributed by atoms with van der Waals surface area (Å²) in [6, 6.07) is 4.42. The molecule has 1 N–H and O–H groups in total. The van der Waals surface area contributed by atoms with E-state index in [0.717, 1.165) is 18.4 Å². The summed E-state index contributed by atoms with van der Waals surface area (Å²) in [4.78, 5) is 23.6. The Morgan fingerprint density at radius 2 is 2.25 bits per heavy atom. The molecule has 0 aliphatic carbocycles. The van der Waals surface area contributed by atoms with Crippen LogP contribution in [0.4, 0.5) is 5.69 Å². The number of nitro groups is 1. The molecule has 2 rings (SSSR count). The highest BCUT2D eigenvalue weighted by molar-refractivity contribution is 9.10. The topological polar surface area (TPSA) is 83.7 Å². The minimum Gasteiger partial charge on any atom is -0.480 e. The number of benzene rings is 1. The van der Waals surface area contributed by atoms with Gasteiger partial charge in [0.05, 0.1) is 9.40 Å². The summed E-state index contributed by atoms with van der Waals surface area (Å²) in [6.07, 6.45) is 2.50. The van der Waals surface area contributed by atoms with E-state index >= 15 is 0 Å². The molecular weight excluding hydrogens is 328 g/mol. The van der Waals surface area contributed by atoms with E-state index in [0.29, 0.717) is 24.0 Å². The maximum absolute atomic E-state index is 11.2. The number of carboxylic acids is 1. The number of carbonyl (C=O) groups is 1. The highest BCUT2D eigenvalue weighted by atomic mass is 79.9. The fraction of sp³-hybridized carbons (Fsp3) is 0.462. The summed E-state index contributed by atoms with van der Waals surface area (Å²) in [5, 5.41) is 20.1. The molecule has 108 valence electrons. The number of rotatable bonds is 4. The summed E-state index contributed by atoms with van der Waals surface area (Å²) in [5.41, 5.74) is 0.763. The van der Waals surface area contributed by atoms with E-state index in [1.165, 1.54) is 6.07 Å². The van der Waals surface area contributed by atoms with Crippen LogP contribution in [0.3, 0.4) is 0 Å². The molecule has 0 saturated carbocycles. The fourth-order valence-corrected chi connectivity index (χ4v) is 2.88. The Kier molecular flexibility index (Phi) is 4.72. The molecule has 1 saturated heterocycles. The number of carboxylic acid groups (broad SMARTS) is 1. The van der Waals surface area contributed by atoms with Gasteiger partial charge in [0.15, 0.2) is 0 Å². The number of hydrogen-bond donors (Lipinski definition) is 1. The molecule has 1 aliphatic rings. The maximum Gasteiger partial charge on any atom is 0.320 e. The van der Waals surface area contributed by atoms with Crippen molar-refractivity contribution in [2.24, 2.45) is 0 Å². The van der Waals surface area contributed by atoms with Gasteiger partial charge in [-0.05, 0) is 46.9 Å². The van der Waals surface area contributed by atoms with Crippen LogP contribution in [-0.2, 0) is 11.3 Å². The van der Waals surface area contributed by atoms with Gasteiger partial charge in [-0.15, -0.1) is 0 Å². The third-order valence-electron chi connectivity index (χ3n) is 3.49. The second-order valence-electron chi connectivity index (χ2n) is 4.86. The first-order valence-electron chi connectivity index (χ1n) is 6.38. The van der Waals surface area contributed by atoms with Crippen molar-refractivity contribution < 1.29 is 14.8 Å². The molecule has 1 aliphatic heterocycles. The maximum atomic E-state index is 11.2. The number of halogens is 1. The Bertz CT molecular complexity index is 535. The molecular formula is C13H15BrN2O4. The minimum absolute atomic E-state index is 0.00591. The highest BCUT2D eigenvalue weighted by Crippen LogP contribution is 2.27. The third-order valence-corrected chi connectivity index (χ3v) is 4.16. The average molecular weight is 343 g/mol. The van der Waals surface area contributed by atoms with Gasteiger partial charge in [-0.2, -0.15) is 0 Å². The van der Waals surface area contributed by atoms with Gasteiger partial charge < -0.3 is 5.11 Å². The molecule has 1 heterocycles. The van der Waals surface area contributed by atoms with Crippen LogP contribution in [-0.4, -0.2) is 33.5 Å². The van der Waals surface area contributed by atoms with Crippen molar-refractivity contribution in [2.75, 3.05) is 6.54 Å². The summed E-state index contributed by atoms with van der Waals surface area (Å²) in [6.45, 7) is 1.13. The molecule has 1 aromatic carbocycles. The van der Waals surface area contributed by atoms with Gasteiger partial charge in [0, 0.05) is 12.6 Å². The lowest BCUT2D eigenvalue weighted by Crippen LogP contribution is -2.43. The molecule has 0 aromatic heterocycles. The molecule has 1 atom stereocenters. The van der Waals surface area contributed by atoms with E-state index in [9.17, 15) is 20.0 Å². The second-order valence-corrected chi connectivity index (χ2v) is 5.72. The van der Waals surface area contributed by atoms with E-state index in [-0.39, 0.29) is 5.69 Å². The SMILES string of the molecule is O=C(O)C1CCCCN1Cc1ccc(Br)c([N+](=O)[O-])c1. The average Bonchev–Trinajstić information content (AvgIpc) is 2.41. The van der Waals surface area contributed by atoms with Crippen molar-refractivity contribution in [3.63, 3.8) is 0 Å².